The van der Waals surface area contributed by atoms with Gasteiger partial charge in [-0.1, -0.05) is 24.6 Å². The minimum absolute atomic E-state index is 0.168. The molecule has 2 aromatic rings. The van der Waals surface area contributed by atoms with Crippen LogP contribution in [0.3, 0.4) is 0 Å². The number of nitrogens with one attached hydrogen (secondary N) is 1. The van der Waals surface area contributed by atoms with E-state index in [1.807, 2.05) is 0 Å². The molecule has 0 aliphatic heterocycles. The van der Waals surface area contributed by atoms with E-state index < -0.39 is 9.84 Å². The van der Waals surface area contributed by atoms with E-state index in [9.17, 15) is 13.2 Å². The number of hydrogen-bond acceptors (Lipinski definition) is 4. The lowest BCUT2D eigenvalue weighted by atomic mass is 9.86. The molecule has 5 nitrogen and oxygen atoms in total. The van der Waals surface area contributed by atoms with Crippen molar-refractivity contribution in [3.8, 4) is 0 Å². The fourth-order valence-corrected chi connectivity index (χ4v) is 5.93. The Kier molecular flexibility index (Phi) is 5.08. The van der Waals surface area contributed by atoms with Crippen molar-refractivity contribution in [3.05, 3.63) is 54.0 Å². The Hall–Kier alpha value is -2.08. The van der Waals surface area contributed by atoms with Gasteiger partial charge < -0.3 is 9.73 Å². The van der Waals surface area contributed by atoms with E-state index in [4.69, 9.17) is 4.42 Å². The van der Waals surface area contributed by atoms with Crippen LogP contribution in [0.5, 0.6) is 0 Å². The normalized spacial score (nSPS) is 24.2. The molecule has 2 aliphatic rings. The van der Waals surface area contributed by atoms with E-state index in [1.165, 1.54) is 25.7 Å². The first-order chi connectivity index (χ1) is 13.0. The Morgan fingerprint density at radius 1 is 1.07 bits per heavy atom. The van der Waals surface area contributed by atoms with Crippen LogP contribution < -0.4 is 5.32 Å². The molecule has 1 amide bonds. The molecule has 2 bridgehead atoms. The van der Waals surface area contributed by atoms with Gasteiger partial charge in [-0.05, 0) is 67.7 Å². The van der Waals surface area contributed by atoms with Crippen LogP contribution in [0.1, 0.15) is 48.4 Å². The minimum atomic E-state index is -3.48. The molecule has 0 spiro atoms. The molecule has 1 heterocycles. The molecule has 0 radical (unpaired) electrons. The number of sulfone groups is 1. The molecule has 0 saturated heterocycles. The molecule has 1 aromatic heterocycles. The van der Waals surface area contributed by atoms with Crippen molar-refractivity contribution in [2.75, 3.05) is 6.54 Å². The molecule has 4 rings (SSSR count). The molecule has 2 aliphatic carbocycles. The largest absolute Gasteiger partial charge is 0.455 e. The maximum Gasteiger partial charge on any atom is 0.286 e. The van der Waals surface area contributed by atoms with Crippen molar-refractivity contribution < 1.29 is 17.6 Å². The van der Waals surface area contributed by atoms with Crippen molar-refractivity contribution in [1.29, 1.82) is 0 Å². The number of carbonyl (C=O) groups excluding carboxylic acids is 1. The van der Waals surface area contributed by atoms with Gasteiger partial charge in [-0.3, -0.25) is 4.79 Å². The maximum atomic E-state index is 12.4. The molecule has 144 valence electrons. The molecular weight excluding hydrogens is 362 g/mol. The smallest absolute Gasteiger partial charge is 0.286 e. The van der Waals surface area contributed by atoms with Crippen LogP contribution in [0.25, 0.3) is 0 Å². The van der Waals surface area contributed by atoms with Gasteiger partial charge in [-0.15, -0.1) is 0 Å². The SMILES string of the molecule is O=C(NCCC1CC2CCC1C2)c1ccc(CS(=O)(=O)c2ccccc2)o1. The average Bonchev–Trinajstić information content (AvgIpc) is 3.39. The number of furan rings is 1. The molecule has 6 heteroatoms. The van der Waals surface area contributed by atoms with Crippen molar-refractivity contribution in [2.45, 2.75) is 42.8 Å². The third-order valence-corrected chi connectivity index (χ3v) is 7.66. The van der Waals surface area contributed by atoms with E-state index >= 15 is 0 Å². The Morgan fingerprint density at radius 3 is 2.59 bits per heavy atom. The highest BCUT2D eigenvalue weighted by Gasteiger charge is 2.38. The standard InChI is InChI=1S/C21H25NO4S/c23-21(22-11-10-17-13-15-6-7-16(17)12-15)20-9-8-18(26-20)14-27(24,25)19-4-2-1-3-5-19/h1-5,8-9,15-17H,6-7,10-14H2,(H,22,23). The second-order valence-electron chi connectivity index (χ2n) is 7.82. The Labute approximate surface area is 160 Å². The van der Waals surface area contributed by atoms with Crippen molar-refractivity contribution in [1.82, 2.24) is 5.32 Å². The van der Waals surface area contributed by atoms with Gasteiger partial charge in [0, 0.05) is 6.54 Å². The third-order valence-electron chi connectivity index (χ3n) is 6.01. The Morgan fingerprint density at radius 2 is 1.89 bits per heavy atom. The summed E-state index contributed by atoms with van der Waals surface area (Å²) in [5.41, 5.74) is 0. The van der Waals surface area contributed by atoms with Crippen molar-refractivity contribution in [2.24, 2.45) is 17.8 Å². The van der Waals surface area contributed by atoms with Crippen molar-refractivity contribution in [3.63, 3.8) is 0 Å². The van der Waals surface area contributed by atoms with E-state index in [1.54, 1.807) is 42.5 Å². The summed E-state index contributed by atoms with van der Waals surface area (Å²) in [7, 11) is -3.48. The summed E-state index contributed by atoms with van der Waals surface area (Å²) in [5, 5.41) is 2.91. The highest BCUT2D eigenvalue weighted by Crippen LogP contribution is 2.49. The predicted octanol–water partition coefficient (Wildman–Crippen LogP) is 3.81. The molecule has 27 heavy (non-hydrogen) atoms. The van der Waals surface area contributed by atoms with Crippen LogP contribution in [0.2, 0.25) is 0 Å². The molecule has 1 N–H and O–H groups in total. The quantitative estimate of drug-likeness (QED) is 0.784. The van der Waals surface area contributed by atoms with E-state index in [0.717, 1.165) is 24.2 Å². The van der Waals surface area contributed by atoms with E-state index in [0.29, 0.717) is 6.54 Å². The van der Waals surface area contributed by atoms with Gasteiger partial charge in [0.15, 0.2) is 15.6 Å². The number of rotatable bonds is 7. The van der Waals surface area contributed by atoms with E-state index in [2.05, 4.69) is 5.32 Å². The summed E-state index contributed by atoms with van der Waals surface area (Å²) in [6, 6.07) is 11.4. The van der Waals surface area contributed by atoms with Gasteiger partial charge in [0.1, 0.15) is 11.5 Å². The Bertz CT molecular complexity index is 903. The number of fused-ring (bicyclic) bond motifs is 2. The summed E-state index contributed by atoms with van der Waals surface area (Å²) >= 11 is 0. The molecule has 1 aromatic carbocycles. The topological polar surface area (TPSA) is 76.4 Å². The van der Waals surface area contributed by atoms with Gasteiger partial charge >= 0.3 is 0 Å². The zero-order valence-corrected chi connectivity index (χ0v) is 16.1. The first kappa shape index (κ1) is 18.3. The summed E-state index contributed by atoms with van der Waals surface area (Å²) in [5.74, 6) is 2.42. The molecule has 2 saturated carbocycles. The number of carbonyl (C=O) groups is 1. The van der Waals surface area contributed by atoms with Crippen LogP contribution in [0.15, 0.2) is 51.8 Å². The first-order valence-corrected chi connectivity index (χ1v) is 11.3. The molecular formula is C21H25NO4S. The van der Waals surface area contributed by atoms with Gasteiger partial charge in [0.25, 0.3) is 5.91 Å². The fraction of sp³-hybridized carbons (Fsp3) is 0.476. The van der Waals surface area contributed by atoms with Crippen LogP contribution >= 0.6 is 0 Å². The van der Waals surface area contributed by atoms with Gasteiger partial charge in [0.2, 0.25) is 0 Å². The minimum Gasteiger partial charge on any atom is -0.455 e. The third kappa shape index (κ3) is 4.10. The van der Waals surface area contributed by atoms with Crippen LogP contribution in [0, 0.1) is 17.8 Å². The van der Waals surface area contributed by atoms with Crippen LogP contribution in [-0.4, -0.2) is 20.9 Å². The van der Waals surface area contributed by atoms with Gasteiger partial charge in [0.05, 0.1) is 4.90 Å². The summed E-state index contributed by atoms with van der Waals surface area (Å²) in [6.45, 7) is 0.644. The number of benzene rings is 1. The Balaban J connectivity index is 1.30. The van der Waals surface area contributed by atoms with E-state index in [-0.39, 0.29) is 28.1 Å². The monoisotopic (exact) mass is 387 g/mol. The zero-order valence-electron chi connectivity index (χ0n) is 15.3. The van der Waals surface area contributed by atoms with Gasteiger partial charge in [-0.25, -0.2) is 8.42 Å². The maximum absolute atomic E-state index is 12.4. The lowest BCUT2D eigenvalue weighted by Gasteiger charge is -2.21. The highest BCUT2D eigenvalue weighted by atomic mass is 32.2. The summed E-state index contributed by atoms with van der Waals surface area (Å²) in [4.78, 5) is 12.5. The first-order valence-electron chi connectivity index (χ1n) is 9.66. The highest BCUT2D eigenvalue weighted by molar-refractivity contribution is 7.90. The molecule has 2 fully saturated rings. The molecule has 3 unspecified atom stereocenters. The summed E-state index contributed by atoms with van der Waals surface area (Å²) in [6.07, 6.45) is 6.43. The van der Waals surface area contributed by atoms with Gasteiger partial charge in [-0.2, -0.15) is 0 Å². The van der Waals surface area contributed by atoms with Crippen LogP contribution in [0.4, 0.5) is 0 Å². The lowest BCUT2D eigenvalue weighted by Crippen LogP contribution is -2.26. The van der Waals surface area contributed by atoms with Crippen molar-refractivity contribution >= 4 is 15.7 Å². The number of amides is 1. The lowest BCUT2D eigenvalue weighted by molar-refractivity contribution is 0.0920. The average molecular weight is 388 g/mol. The summed E-state index contributed by atoms with van der Waals surface area (Å²) < 4.78 is 30.3. The second-order valence-corrected chi connectivity index (χ2v) is 9.81. The predicted molar refractivity (Wildman–Crippen MR) is 102 cm³/mol. The van der Waals surface area contributed by atoms with Crippen LogP contribution in [-0.2, 0) is 15.6 Å². The fourth-order valence-electron chi connectivity index (χ4n) is 4.66. The number of hydrogen-bond donors (Lipinski definition) is 1. The second kappa shape index (κ2) is 7.50. The molecule has 3 atom stereocenters. The zero-order chi connectivity index (χ0) is 18.9.